The Kier molecular flexibility index (Phi) is 5.85. The van der Waals surface area contributed by atoms with Crippen molar-refractivity contribution in [1.82, 2.24) is 10.4 Å². The van der Waals surface area contributed by atoms with Gasteiger partial charge in [-0.3, -0.25) is 15.0 Å². The minimum Gasteiger partial charge on any atom is -0.465 e. The molecule has 0 unspecified atom stereocenters. The zero-order valence-corrected chi connectivity index (χ0v) is 14.1. The molecule has 0 atom stereocenters. The molecule has 0 fully saturated rings. The third-order valence-corrected chi connectivity index (χ3v) is 4.49. The van der Waals surface area contributed by atoms with E-state index in [1.54, 1.807) is 36.0 Å². The van der Waals surface area contributed by atoms with Gasteiger partial charge >= 0.3 is 5.97 Å². The largest absolute Gasteiger partial charge is 0.465 e. The summed E-state index contributed by atoms with van der Waals surface area (Å²) in [6.07, 6.45) is 0. The summed E-state index contributed by atoms with van der Waals surface area (Å²) in [6, 6.07) is 5.10. The molecule has 0 aromatic carbocycles. The van der Waals surface area contributed by atoms with Crippen LogP contribution in [0.15, 0.2) is 29.0 Å². The summed E-state index contributed by atoms with van der Waals surface area (Å²) in [5.41, 5.74) is 2.99. The number of carbonyl (C=O) groups excluding carboxylic acids is 3. The highest BCUT2D eigenvalue weighted by Gasteiger charge is 2.17. The number of thiophene rings is 2. The quantitative estimate of drug-likeness (QED) is 0.611. The van der Waals surface area contributed by atoms with Crippen LogP contribution in [-0.4, -0.2) is 43.5 Å². The van der Waals surface area contributed by atoms with Crippen LogP contribution in [0.1, 0.15) is 19.3 Å². The fourth-order valence-corrected chi connectivity index (χ4v) is 3.12. The summed E-state index contributed by atoms with van der Waals surface area (Å²) < 4.78 is 4.65. The van der Waals surface area contributed by atoms with Gasteiger partial charge in [0.25, 0.3) is 5.91 Å². The topological polar surface area (TPSA) is 87.7 Å². The molecule has 0 aliphatic rings. The molecule has 0 spiro atoms. The minimum atomic E-state index is -0.505. The van der Waals surface area contributed by atoms with Gasteiger partial charge < -0.3 is 10.1 Å². The van der Waals surface area contributed by atoms with Gasteiger partial charge in [0.2, 0.25) is 5.91 Å². The molecular weight excluding hydrogens is 338 g/mol. The van der Waals surface area contributed by atoms with Gasteiger partial charge in [0.15, 0.2) is 0 Å². The summed E-state index contributed by atoms with van der Waals surface area (Å²) in [4.78, 5) is 36.3. The Hall–Kier alpha value is -2.23. The lowest BCUT2D eigenvalue weighted by Crippen LogP contribution is -2.43. The van der Waals surface area contributed by atoms with Crippen LogP contribution >= 0.6 is 22.7 Å². The number of likely N-dealkylation sites (N-methyl/N-ethyl adjacent to an activating group) is 1. The first kappa shape index (κ1) is 17.1. The average Bonchev–Trinajstić information content (AvgIpc) is 3.17. The molecule has 2 aromatic heterocycles. The van der Waals surface area contributed by atoms with Gasteiger partial charge in [-0.15, -0.1) is 22.7 Å². The average molecular weight is 353 g/mol. The number of nitrogens with zero attached hydrogens (tertiary/aromatic N) is 1. The van der Waals surface area contributed by atoms with E-state index >= 15 is 0 Å². The Bertz CT molecular complexity index is 697. The summed E-state index contributed by atoms with van der Waals surface area (Å²) in [5.74, 6) is -1.14. The molecule has 0 saturated carbocycles. The number of hydrogen-bond donors (Lipinski definition) is 2. The van der Waals surface area contributed by atoms with Crippen LogP contribution < -0.4 is 10.7 Å². The maximum atomic E-state index is 12.0. The highest BCUT2D eigenvalue weighted by atomic mass is 32.1. The Morgan fingerprint density at radius 3 is 2.65 bits per heavy atom. The van der Waals surface area contributed by atoms with E-state index in [0.717, 1.165) is 0 Å². The molecular formula is C14H15N3O4S2. The van der Waals surface area contributed by atoms with Crippen LogP contribution in [0.2, 0.25) is 0 Å². The lowest BCUT2D eigenvalue weighted by molar-refractivity contribution is -0.117. The summed E-state index contributed by atoms with van der Waals surface area (Å²) >= 11 is 2.49. The second-order valence-electron chi connectivity index (χ2n) is 4.48. The van der Waals surface area contributed by atoms with Crippen LogP contribution in [0, 0.1) is 0 Å². The molecule has 2 N–H and O–H groups in total. The van der Waals surface area contributed by atoms with Crippen molar-refractivity contribution in [1.29, 1.82) is 0 Å². The SMILES string of the molecule is COC(=O)c1sccc1NC(=O)CN(C)NC(=O)c1cccs1. The second-order valence-corrected chi connectivity index (χ2v) is 6.34. The first-order valence-corrected chi connectivity index (χ1v) is 8.28. The van der Waals surface area contributed by atoms with Gasteiger partial charge in [-0.25, -0.2) is 9.80 Å². The van der Waals surface area contributed by atoms with Gasteiger partial charge in [0.05, 0.1) is 24.2 Å². The molecule has 0 saturated heterocycles. The highest BCUT2D eigenvalue weighted by molar-refractivity contribution is 7.12. The number of anilines is 1. The van der Waals surface area contributed by atoms with Crippen LogP contribution in [0.4, 0.5) is 5.69 Å². The maximum Gasteiger partial charge on any atom is 0.350 e. The van der Waals surface area contributed by atoms with Crippen LogP contribution in [0.25, 0.3) is 0 Å². The second kappa shape index (κ2) is 7.86. The monoisotopic (exact) mass is 353 g/mol. The molecule has 0 aliphatic heterocycles. The third-order valence-electron chi connectivity index (χ3n) is 2.73. The minimum absolute atomic E-state index is 0.0619. The van der Waals surface area contributed by atoms with Gasteiger partial charge in [0.1, 0.15) is 4.88 Å². The van der Waals surface area contributed by atoms with Crippen molar-refractivity contribution in [3.8, 4) is 0 Å². The molecule has 0 aliphatic carbocycles. The van der Waals surface area contributed by atoms with E-state index in [4.69, 9.17) is 0 Å². The molecule has 122 valence electrons. The van der Waals surface area contributed by atoms with E-state index in [0.29, 0.717) is 15.4 Å². The van der Waals surface area contributed by atoms with Gasteiger partial charge in [-0.2, -0.15) is 0 Å². The summed E-state index contributed by atoms with van der Waals surface area (Å²) in [6.45, 7) is -0.0619. The number of ether oxygens (including phenoxy) is 1. The van der Waals surface area contributed by atoms with Crippen LogP contribution in [0.3, 0.4) is 0 Å². The molecule has 2 aromatic rings. The predicted octanol–water partition coefficient (Wildman–Crippen LogP) is 1.81. The number of hydrogen-bond acceptors (Lipinski definition) is 7. The Morgan fingerprint density at radius 1 is 1.22 bits per heavy atom. The molecule has 2 amide bonds. The third kappa shape index (κ3) is 4.62. The van der Waals surface area contributed by atoms with Gasteiger partial charge in [-0.05, 0) is 22.9 Å². The standard InChI is InChI=1S/C14H15N3O4S2/c1-17(16-13(19)10-4-3-6-22-10)8-11(18)15-9-5-7-23-12(9)14(20)21-2/h3-7H,8H2,1-2H3,(H,15,18)(H,16,19). The number of nitrogens with one attached hydrogen (secondary N) is 2. The fourth-order valence-electron chi connectivity index (χ4n) is 1.74. The zero-order valence-electron chi connectivity index (χ0n) is 12.5. The smallest absolute Gasteiger partial charge is 0.350 e. The zero-order chi connectivity index (χ0) is 16.8. The summed E-state index contributed by atoms with van der Waals surface area (Å²) in [7, 11) is 2.86. The molecule has 23 heavy (non-hydrogen) atoms. The summed E-state index contributed by atoms with van der Waals surface area (Å²) in [5, 5.41) is 7.48. The van der Waals surface area contributed by atoms with Crippen LogP contribution in [-0.2, 0) is 9.53 Å². The Balaban J connectivity index is 1.88. The van der Waals surface area contributed by atoms with E-state index < -0.39 is 5.97 Å². The van der Waals surface area contributed by atoms with Crippen molar-refractivity contribution in [2.24, 2.45) is 0 Å². The maximum absolute atomic E-state index is 12.0. The van der Waals surface area contributed by atoms with Crippen molar-refractivity contribution >= 4 is 46.1 Å². The van der Waals surface area contributed by atoms with Gasteiger partial charge in [-0.1, -0.05) is 6.07 Å². The molecule has 2 heterocycles. The number of carbonyl (C=O) groups is 3. The number of hydrazine groups is 1. The lowest BCUT2D eigenvalue weighted by atomic mass is 10.3. The molecule has 0 radical (unpaired) electrons. The molecule has 7 nitrogen and oxygen atoms in total. The lowest BCUT2D eigenvalue weighted by Gasteiger charge is -2.17. The Labute approximate surface area is 140 Å². The van der Waals surface area contributed by atoms with Crippen molar-refractivity contribution in [2.45, 2.75) is 0 Å². The van der Waals surface area contributed by atoms with Crippen LogP contribution in [0.5, 0.6) is 0 Å². The van der Waals surface area contributed by atoms with Crippen molar-refractivity contribution in [2.75, 3.05) is 26.0 Å². The molecule has 0 bridgehead atoms. The number of rotatable bonds is 6. The molecule has 9 heteroatoms. The fraction of sp³-hybridized carbons (Fsp3) is 0.214. The first-order valence-electron chi connectivity index (χ1n) is 6.52. The number of esters is 1. The van der Waals surface area contributed by atoms with E-state index in [1.807, 2.05) is 0 Å². The highest BCUT2D eigenvalue weighted by Crippen LogP contribution is 2.22. The van der Waals surface area contributed by atoms with Gasteiger partial charge in [0, 0.05) is 7.05 Å². The van der Waals surface area contributed by atoms with Crippen molar-refractivity contribution in [3.05, 3.63) is 38.7 Å². The predicted molar refractivity (Wildman–Crippen MR) is 88.7 cm³/mol. The van der Waals surface area contributed by atoms with E-state index in [9.17, 15) is 14.4 Å². The Morgan fingerprint density at radius 2 is 2.00 bits per heavy atom. The number of methoxy groups -OCH3 is 1. The van der Waals surface area contributed by atoms with Crippen molar-refractivity contribution in [3.63, 3.8) is 0 Å². The van der Waals surface area contributed by atoms with E-state index in [-0.39, 0.29) is 18.4 Å². The van der Waals surface area contributed by atoms with E-state index in [2.05, 4.69) is 15.5 Å². The first-order chi connectivity index (χ1) is 11.0. The normalized spacial score (nSPS) is 10.4. The van der Waals surface area contributed by atoms with E-state index in [1.165, 1.54) is 34.8 Å². The van der Waals surface area contributed by atoms with Crippen molar-refractivity contribution < 1.29 is 19.1 Å². The molecule has 2 rings (SSSR count). The number of amides is 2.